The minimum Gasteiger partial charge on any atom is -0.481 e. The van der Waals surface area contributed by atoms with Gasteiger partial charge < -0.3 is 5.11 Å². The molecule has 1 rings (SSSR count). The Bertz CT molecular complexity index is 428. The Kier molecular flexibility index (Phi) is 8.01. The maximum atomic E-state index is 10.4. The molecule has 1 aromatic heterocycles. The SMILES string of the molecule is N#CCCN(CCCCCC(=O)O)Cc1cccnc1. The van der Waals surface area contributed by atoms with Gasteiger partial charge in [0.05, 0.1) is 6.07 Å². The lowest BCUT2D eigenvalue weighted by Crippen LogP contribution is -2.25. The van der Waals surface area contributed by atoms with Crippen molar-refractivity contribution in [2.45, 2.75) is 38.6 Å². The molecule has 0 radical (unpaired) electrons. The molecule has 0 atom stereocenters. The second kappa shape index (κ2) is 9.93. The lowest BCUT2D eigenvalue weighted by Gasteiger charge is -2.20. The summed E-state index contributed by atoms with van der Waals surface area (Å²) in [5.74, 6) is -0.735. The molecule has 0 saturated carbocycles. The summed E-state index contributed by atoms with van der Waals surface area (Å²) in [6.45, 7) is 2.41. The number of hydrogen-bond donors (Lipinski definition) is 1. The predicted octanol–water partition coefficient (Wildman–Crippen LogP) is 2.44. The number of aromatic nitrogens is 1. The first-order chi connectivity index (χ1) is 9.72. The molecule has 1 N–H and O–H groups in total. The molecule has 0 fully saturated rings. The second-order valence-electron chi connectivity index (χ2n) is 4.75. The van der Waals surface area contributed by atoms with Crippen LogP contribution in [0.5, 0.6) is 0 Å². The zero-order valence-corrected chi connectivity index (χ0v) is 11.7. The lowest BCUT2D eigenvalue weighted by atomic mass is 10.1. The monoisotopic (exact) mass is 275 g/mol. The van der Waals surface area contributed by atoms with E-state index >= 15 is 0 Å². The molecule has 108 valence electrons. The van der Waals surface area contributed by atoms with Crippen molar-refractivity contribution >= 4 is 5.97 Å². The van der Waals surface area contributed by atoms with Crippen LogP contribution in [0.1, 0.15) is 37.7 Å². The molecule has 0 aliphatic carbocycles. The molecular weight excluding hydrogens is 254 g/mol. The van der Waals surface area contributed by atoms with E-state index in [4.69, 9.17) is 10.4 Å². The Balaban J connectivity index is 2.32. The maximum Gasteiger partial charge on any atom is 0.303 e. The molecule has 5 nitrogen and oxygen atoms in total. The highest BCUT2D eigenvalue weighted by Gasteiger charge is 2.06. The van der Waals surface area contributed by atoms with Gasteiger partial charge >= 0.3 is 5.97 Å². The van der Waals surface area contributed by atoms with Crippen LogP contribution in [0.4, 0.5) is 0 Å². The largest absolute Gasteiger partial charge is 0.481 e. The average molecular weight is 275 g/mol. The zero-order chi connectivity index (χ0) is 14.6. The number of hydrogen-bond acceptors (Lipinski definition) is 4. The van der Waals surface area contributed by atoms with Gasteiger partial charge in [-0.3, -0.25) is 14.7 Å². The van der Waals surface area contributed by atoms with Crippen molar-refractivity contribution < 1.29 is 9.90 Å². The van der Waals surface area contributed by atoms with E-state index < -0.39 is 5.97 Å². The van der Waals surface area contributed by atoms with Crippen LogP contribution in [-0.4, -0.2) is 34.0 Å². The number of carboxylic acid groups (broad SMARTS) is 1. The molecule has 20 heavy (non-hydrogen) atoms. The van der Waals surface area contributed by atoms with E-state index in [2.05, 4.69) is 16.0 Å². The van der Waals surface area contributed by atoms with Crippen LogP contribution < -0.4 is 0 Å². The third kappa shape index (κ3) is 7.49. The summed E-state index contributed by atoms with van der Waals surface area (Å²) in [5.41, 5.74) is 1.14. The van der Waals surface area contributed by atoms with Gasteiger partial charge in [0, 0.05) is 38.3 Å². The van der Waals surface area contributed by atoms with E-state index in [1.165, 1.54) is 0 Å². The molecule has 0 bridgehead atoms. The molecule has 5 heteroatoms. The first-order valence-electron chi connectivity index (χ1n) is 6.92. The molecule has 1 heterocycles. The van der Waals surface area contributed by atoms with Gasteiger partial charge in [0.15, 0.2) is 0 Å². The highest BCUT2D eigenvalue weighted by molar-refractivity contribution is 5.66. The van der Waals surface area contributed by atoms with Crippen LogP contribution in [0, 0.1) is 11.3 Å². The maximum absolute atomic E-state index is 10.4. The molecule has 0 spiro atoms. The summed E-state index contributed by atoms with van der Waals surface area (Å²) in [5, 5.41) is 17.3. The first kappa shape index (κ1) is 16.1. The van der Waals surface area contributed by atoms with E-state index in [0.717, 1.165) is 38.0 Å². The van der Waals surface area contributed by atoms with Crippen molar-refractivity contribution in [1.29, 1.82) is 5.26 Å². The quantitative estimate of drug-likeness (QED) is 0.664. The van der Waals surface area contributed by atoms with Crippen molar-refractivity contribution in [3.8, 4) is 6.07 Å². The summed E-state index contributed by atoms with van der Waals surface area (Å²) in [7, 11) is 0. The van der Waals surface area contributed by atoms with Crippen molar-refractivity contribution in [2.75, 3.05) is 13.1 Å². The van der Waals surface area contributed by atoms with Crippen molar-refractivity contribution in [3.63, 3.8) is 0 Å². The Labute approximate surface area is 119 Å². The van der Waals surface area contributed by atoms with E-state index in [1.54, 1.807) is 6.20 Å². The molecule has 1 aromatic rings. The fourth-order valence-electron chi connectivity index (χ4n) is 2.02. The van der Waals surface area contributed by atoms with E-state index in [9.17, 15) is 4.79 Å². The fourth-order valence-corrected chi connectivity index (χ4v) is 2.02. The standard InChI is InChI=1S/C15H21N3O2/c16-8-5-11-18(10-3-1-2-7-15(19)20)13-14-6-4-9-17-12-14/h4,6,9,12H,1-3,5,7,10-11,13H2,(H,19,20). The van der Waals surface area contributed by atoms with Crippen LogP contribution in [0.2, 0.25) is 0 Å². The molecule has 0 unspecified atom stereocenters. The summed E-state index contributed by atoms with van der Waals surface area (Å²) < 4.78 is 0. The summed E-state index contributed by atoms with van der Waals surface area (Å²) in [6, 6.07) is 6.10. The van der Waals surface area contributed by atoms with Gasteiger partial charge in [-0.15, -0.1) is 0 Å². The van der Waals surface area contributed by atoms with Gasteiger partial charge in [-0.25, -0.2) is 0 Å². The number of carboxylic acids is 1. The van der Waals surface area contributed by atoms with Crippen LogP contribution >= 0.6 is 0 Å². The normalized spacial score (nSPS) is 10.4. The Morgan fingerprint density at radius 1 is 1.35 bits per heavy atom. The molecule has 0 aliphatic heterocycles. The molecule has 0 aromatic carbocycles. The smallest absolute Gasteiger partial charge is 0.303 e. The topological polar surface area (TPSA) is 77.2 Å². The zero-order valence-electron chi connectivity index (χ0n) is 11.7. The van der Waals surface area contributed by atoms with Crippen LogP contribution in [0.25, 0.3) is 0 Å². The number of nitrogens with zero attached hydrogens (tertiary/aromatic N) is 3. The summed E-state index contributed by atoms with van der Waals surface area (Å²) in [6.07, 6.45) is 6.91. The average Bonchev–Trinajstić information content (AvgIpc) is 2.45. The van der Waals surface area contributed by atoms with E-state index in [1.807, 2.05) is 18.3 Å². The van der Waals surface area contributed by atoms with Gasteiger partial charge in [0.25, 0.3) is 0 Å². The first-order valence-corrected chi connectivity index (χ1v) is 6.92. The molecule has 0 amide bonds. The van der Waals surface area contributed by atoms with Crippen molar-refractivity contribution in [2.24, 2.45) is 0 Å². The lowest BCUT2D eigenvalue weighted by molar-refractivity contribution is -0.137. The van der Waals surface area contributed by atoms with Crippen molar-refractivity contribution in [1.82, 2.24) is 9.88 Å². The Hall–Kier alpha value is -1.93. The third-order valence-corrected chi connectivity index (χ3v) is 3.03. The predicted molar refractivity (Wildman–Crippen MR) is 75.8 cm³/mol. The summed E-state index contributed by atoms with van der Waals surface area (Å²) in [4.78, 5) is 16.7. The van der Waals surface area contributed by atoms with Crippen LogP contribution in [0.15, 0.2) is 24.5 Å². The van der Waals surface area contributed by atoms with Crippen LogP contribution in [0.3, 0.4) is 0 Å². The summed E-state index contributed by atoms with van der Waals surface area (Å²) >= 11 is 0. The van der Waals surface area contributed by atoms with Gasteiger partial charge in [-0.05, 0) is 31.0 Å². The number of rotatable bonds is 10. The Morgan fingerprint density at radius 3 is 2.85 bits per heavy atom. The van der Waals surface area contributed by atoms with Crippen molar-refractivity contribution in [3.05, 3.63) is 30.1 Å². The number of pyridine rings is 1. The molecule has 0 saturated heterocycles. The Morgan fingerprint density at radius 2 is 2.20 bits per heavy atom. The van der Waals surface area contributed by atoms with Gasteiger partial charge in [0.2, 0.25) is 0 Å². The van der Waals surface area contributed by atoms with Gasteiger partial charge in [-0.1, -0.05) is 12.5 Å². The molecular formula is C15H21N3O2. The molecule has 0 aliphatic rings. The number of nitriles is 1. The second-order valence-corrected chi connectivity index (χ2v) is 4.75. The van der Waals surface area contributed by atoms with E-state index in [0.29, 0.717) is 12.8 Å². The highest BCUT2D eigenvalue weighted by atomic mass is 16.4. The fraction of sp³-hybridized carbons (Fsp3) is 0.533. The van der Waals surface area contributed by atoms with Gasteiger partial charge in [-0.2, -0.15) is 5.26 Å². The highest BCUT2D eigenvalue weighted by Crippen LogP contribution is 2.07. The van der Waals surface area contributed by atoms with Crippen LogP contribution in [-0.2, 0) is 11.3 Å². The number of carbonyl (C=O) groups is 1. The number of unbranched alkanes of at least 4 members (excludes halogenated alkanes) is 2. The van der Waals surface area contributed by atoms with E-state index in [-0.39, 0.29) is 6.42 Å². The third-order valence-electron chi connectivity index (χ3n) is 3.03. The number of aliphatic carboxylic acids is 1. The minimum absolute atomic E-state index is 0.237. The minimum atomic E-state index is -0.735. The van der Waals surface area contributed by atoms with Gasteiger partial charge in [0.1, 0.15) is 0 Å².